The molecule has 0 aromatic carbocycles. The van der Waals surface area contributed by atoms with Gasteiger partial charge in [0.05, 0.1) is 0 Å². The maximum absolute atomic E-state index is 6.47. The lowest BCUT2D eigenvalue weighted by molar-refractivity contribution is 0.404. The lowest BCUT2D eigenvalue weighted by Crippen LogP contribution is -2.38. The molecule has 0 aromatic rings. The molecule has 0 spiro atoms. The van der Waals surface area contributed by atoms with Crippen molar-refractivity contribution < 1.29 is 0 Å². The van der Waals surface area contributed by atoms with Gasteiger partial charge in [0.1, 0.15) is 0 Å². The van der Waals surface area contributed by atoms with Crippen molar-refractivity contribution in [3.8, 4) is 0 Å². The molecule has 0 amide bonds. The lowest BCUT2D eigenvalue weighted by Gasteiger charge is -2.27. The van der Waals surface area contributed by atoms with E-state index in [1.54, 1.807) is 0 Å². The summed E-state index contributed by atoms with van der Waals surface area (Å²) in [6.45, 7) is 12.9. The van der Waals surface area contributed by atoms with Crippen LogP contribution in [0.3, 0.4) is 0 Å². The quantitative estimate of drug-likeness (QED) is 0.644. The molecule has 2 unspecified atom stereocenters. The van der Waals surface area contributed by atoms with Crippen molar-refractivity contribution in [3.63, 3.8) is 0 Å². The first kappa shape index (κ1) is 20.0. The molecule has 23 heavy (non-hydrogen) atoms. The van der Waals surface area contributed by atoms with E-state index in [0.717, 1.165) is 37.8 Å². The van der Waals surface area contributed by atoms with Crippen molar-refractivity contribution >= 4 is 0 Å². The van der Waals surface area contributed by atoms with Gasteiger partial charge in [-0.15, -0.1) is 0 Å². The maximum atomic E-state index is 6.47. The molecular formula is C20H37N3. The molecule has 6 N–H and O–H groups in total. The average Bonchev–Trinajstić information content (AvgIpc) is 2.44. The Balaban J connectivity index is 2.87. The van der Waals surface area contributed by atoms with Crippen LogP contribution in [0.1, 0.15) is 73.6 Å². The van der Waals surface area contributed by atoms with Crippen LogP contribution >= 0.6 is 0 Å². The van der Waals surface area contributed by atoms with Crippen molar-refractivity contribution in [1.82, 2.24) is 0 Å². The molecule has 1 aliphatic carbocycles. The lowest BCUT2D eigenvalue weighted by atomic mass is 9.83. The van der Waals surface area contributed by atoms with E-state index in [9.17, 15) is 0 Å². The van der Waals surface area contributed by atoms with Crippen LogP contribution in [0.15, 0.2) is 34.1 Å². The second-order valence-corrected chi connectivity index (χ2v) is 8.09. The number of rotatable bonds is 6. The van der Waals surface area contributed by atoms with Gasteiger partial charge in [-0.25, -0.2) is 0 Å². The van der Waals surface area contributed by atoms with Crippen LogP contribution in [0.25, 0.3) is 0 Å². The van der Waals surface area contributed by atoms with Crippen LogP contribution in [-0.2, 0) is 0 Å². The summed E-state index contributed by atoms with van der Waals surface area (Å²) in [4.78, 5) is 0. The monoisotopic (exact) mass is 319 g/mol. The molecule has 0 aliphatic heterocycles. The Bertz CT molecular complexity index is 503. The Labute approximate surface area is 143 Å². The smallest absolute Gasteiger partial charge is 0.0333 e. The predicted molar refractivity (Wildman–Crippen MR) is 102 cm³/mol. The molecule has 3 heteroatoms. The third kappa shape index (κ3) is 6.15. The highest BCUT2D eigenvalue weighted by Gasteiger charge is 2.22. The summed E-state index contributed by atoms with van der Waals surface area (Å²) in [6, 6.07) is 0.195. The average molecular weight is 320 g/mol. The summed E-state index contributed by atoms with van der Waals surface area (Å²) >= 11 is 0. The highest BCUT2D eigenvalue weighted by atomic mass is 14.7. The molecule has 0 saturated carbocycles. The van der Waals surface area contributed by atoms with Crippen molar-refractivity contribution in [1.29, 1.82) is 0 Å². The Morgan fingerprint density at radius 3 is 2.39 bits per heavy atom. The van der Waals surface area contributed by atoms with Crippen LogP contribution in [0.2, 0.25) is 0 Å². The van der Waals surface area contributed by atoms with E-state index in [4.69, 9.17) is 17.2 Å². The van der Waals surface area contributed by atoms with E-state index in [2.05, 4.69) is 34.6 Å². The molecule has 3 nitrogen and oxygen atoms in total. The third-order valence-electron chi connectivity index (χ3n) is 5.12. The molecule has 1 rings (SSSR count). The highest BCUT2D eigenvalue weighted by Crippen LogP contribution is 2.33. The zero-order chi connectivity index (χ0) is 17.8. The van der Waals surface area contributed by atoms with Gasteiger partial charge in [0.2, 0.25) is 0 Å². The second kappa shape index (κ2) is 8.16. The zero-order valence-corrected chi connectivity index (χ0v) is 16.0. The van der Waals surface area contributed by atoms with Gasteiger partial charge in [-0.1, -0.05) is 30.6 Å². The zero-order valence-electron chi connectivity index (χ0n) is 16.0. The van der Waals surface area contributed by atoms with Gasteiger partial charge >= 0.3 is 0 Å². The van der Waals surface area contributed by atoms with Gasteiger partial charge in [-0.3, -0.25) is 0 Å². The minimum Gasteiger partial charge on any atom is -0.399 e. The fourth-order valence-corrected chi connectivity index (χ4v) is 3.04. The number of hydrogen-bond donors (Lipinski definition) is 3. The van der Waals surface area contributed by atoms with Gasteiger partial charge in [0.25, 0.3) is 0 Å². The van der Waals surface area contributed by atoms with E-state index in [1.165, 1.54) is 22.3 Å². The van der Waals surface area contributed by atoms with Crippen LogP contribution < -0.4 is 17.2 Å². The molecule has 2 atom stereocenters. The summed E-state index contributed by atoms with van der Waals surface area (Å²) in [5.74, 6) is 0.482. The highest BCUT2D eigenvalue weighted by molar-refractivity contribution is 5.41. The van der Waals surface area contributed by atoms with Crippen LogP contribution in [0.5, 0.6) is 0 Å². The van der Waals surface area contributed by atoms with Gasteiger partial charge in [-0.05, 0) is 77.4 Å². The van der Waals surface area contributed by atoms with Gasteiger partial charge < -0.3 is 17.2 Å². The predicted octanol–water partition coefficient (Wildman–Crippen LogP) is 4.15. The fraction of sp³-hybridized carbons (Fsp3) is 0.700. The van der Waals surface area contributed by atoms with E-state index < -0.39 is 5.54 Å². The molecule has 0 radical (unpaired) electrons. The van der Waals surface area contributed by atoms with Crippen molar-refractivity contribution in [2.24, 2.45) is 23.1 Å². The largest absolute Gasteiger partial charge is 0.399 e. The standard InChI is InChI=1S/C20H37N3/c1-13(2)16-8-7-15(5)17(11-16)19(22)12-20(6,23)10-9-18(21)14(3)4/h12,14,18H,7-11,21-23H2,1-6H3. The van der Waals surface area contributed by atoms with Gasteiger partial charge in [-0.2, -0.15) is 0 Å². The molecule has 132 valence electrons. The van der Waals surface area contributed by atoms with E-state index >= 15 is 0 Å². The van der Waals surface area contributed by atoms with E-state index in [0.29, 0.717) is 5.92 Å². The molecule has 1 aliphatic rings. The molecule has 0 saturated heterocycles. The summed E-state index contributed by atoms with van der Waals surface area (Å²) in [7, 11) is 0. The first-order valence-electron chi connectivity index (χ1n) is 8.90. The maximum Gasteiger partial charge on any atom is 0.0333 e. The summed E-state index contributed by atoms with van der Waals surface area (Å²) in [5.41, 5.74) is 25.1. The molecular weight excluding hydrogens is 282 g/mol. The summed E-state index contributed by atoms with van der Waals surface area (Å²) in [6.07, 6.45) is 7.06. The molecule has 0 heterocycles. The summed E-state index contributed by atoms with van der Waals surface area (Å²) in [5, 5.41) is 0. The van der Waals surface area contributed by atoms with Crippen molar-refractivity contribution in [3.05, 3.63) is 34.1 Å². The number of nitrogens with two attached hydrogens (primary N) is 3. The van der Waals surface area contributed by atoms with E-state index in [1.807, 2.05) is 13.0 Å². The van der Waals surface area contributed by atoms with Crippen LogP contribution in [-0.4, -0.2) is 11.6 Å². The topological polar surface area (TPSA) is 78.1 Å². The normalized spacial score (nSPS) is 20.7. The van der Waals surface area contributed by atoms with Crippen molar-refractivity contribution in [2.75, 3.05) is 0 Å². The molecule has 0 aromatic heterocycles. The fourth-order valence-electron chi connectivity index (χ4n) is 3.04. The Morgan fingerprint density at radius 2 is 1.87 bits per heavy atom. The molecule has 0 bridgehead atoms. The third-order valence-corrected chi connectivity index (χ3v) is 5.12. The first-order valence-corrected chi connectivity index (χ1v) is 8.90. The minimum atomic E-state index is -0.410. The van der Waals surface area contributed by atoms with Gasteiger partial charge in [0, 0.05) is 17.3 Å². The molecule has 0 fully saturated rings. The van der Waals surface area contributed by atoms with Crippen LogP contribution in [0.4, 0.5) is 0 Å². The Morgan fingerprint density at radius 1 is 1.26 bits per heavy atom. The Hall–Kier alpha value is -1.06. The Kier molecular flexibility index (Phi) is 7.09. The van der Waals surface area contributed by atoms with Crippen LogP contribution in [0, 0.1) is 5.92 Å². The van der Waals surface area contributed by atoms with E-state index in [-0.39, 0.29) is 6.04 Å². The minimum absolute atomic E-state index is 0.195. The summed E-state index contributed by atoms with van der Waals surface area (Å²) < 4.78 is 0. The SMILES string of the molecule is CC(C)=C1CCC(C)=C(C(N)=CC(C)(N)CCC(N)C(C)C)C1. The number of hydrogen-bond acceptors (Lipinski definition) is 3. The van der Waals surface area contributed by atoms with Gasteiger partial charge in [0.15, 0.2) is 0 Å². The first-order chi connectivity index (χ1) is 10.5. The number of allylic oxidation sites excluding steroid dienone is 4. The second-order valence-electron chi connectivity index (χ2n) is 8.09. The van der Waals surface area contributed by atoms with Crippen molar-refractivity contribution in [2.45, 2.75) is 85.2 Å².